The molecule has 0 amide bonds. The molecule has 0 aliphatic rings. The molecule has 0 N–H and O–H groups in total. The van der Waals surface area contributed by atoms with E-state index in [4.69, 9.17) is 21.6 Å². The highest BCUT2D eigenvalue weighted by Gasteiger charge is 2.22. The number of nitrogens with zero attached hydrogens (tertiary/aromatic N) is 1. The van der Waals surface area contributed by atoms with Gasteiger partial charge >= 0.3 is 5.97 Å². The Morgan fingerprint density at radius 2 is 2.35 bits per heavy atom. The Hall–Kier alpha value is -1.60. The third kappa shape index (κ3) is 3.43. The molecule has 1 aromatic carbocycles. The molecule has 1 unspecified atom stereocenters. The number of hydrogen-bond donors (Lipinski definition) is 0. The highest BCUT2D eigenvalue weighted by atomic mass is 35.5. The second-order valence-corrected chi connectivity index (χ2v) is 3.75. The quantitative estimate of drug-likeness (QED) is 0.778. The first kappa shape index (κ1) is 13.5. The predicted molar refractivity (Wildman–Crippen MR) is 60.9 cm³/mol. The SMILES string of the molecule is CCOC(=O)C(C#N)Cc1c(F)cccc1Cl. The summed E-state index contributed by atoms with van der Waals surface area (Å²) in [7, 11) is 0. The second-order valence-electron chi connectivity index (χ2n) is 3.34. The summed E-state index contributed by atoms with van der Waals surface area (Å²) in [6.07, 6.45) is -0.0825. The summed E-state index contributed by atoms with van der Waals surface area (Å²) < 4.78 is 18.2. The molecule has 0 saturated heterocycles. The largest absolute Gasteiger partial charge is 0.465 e. The number of hydrogen-bond acceptors (Lipinski definition) is 3. The maximum absolute atomic E-state index is 13.5. The third-order valence-corrected chi connectivity index (χ3v) is 2.55. The van der Waals surface area contributed by atoms with Gasteiger partial charge in [-0.1, -0.05) is 17.7 Å². The van der Waals surface area contributed by atoms with E-state index in [-0.39, 0.29) is 23.6 Å². The number of benzene rings is 1. The third-order valence-electron chi connectivity index (χ3n) is 2.20. The average Bonchev–Trinajstić information content (AvgIpc) is 2.29. The van der Waals surface area contributed by atoms with E-state index >= 15 is 0 Å². The summed E-state index contributed by atoms with van der Waals surface area (Å²) in [4.78, 5) is 11.4. The van der Waals surface area contributed by atoms with Crippen LogP contribution in [0.1, 0.15) is 12.5 Å². The fourth-order valence-corrected chi connectivity index (χ4v) is 1.60. The smallest absolute Gasteiger partial charge is 0.323 e. The molecule has 1 aromatic rings. The van der Waals surface area contributed by atoms with E-state index in [0.717, 1.165) is 0 Å². The van der Waals surface area contributed by atoms with Gasteiger partial charge in [0.2, 0.25) is 0 Å². The molecule has 0 bridgehead atoms. The van der Waals surface area contributed by atoms with E-state index in [2.05, 4.69) is 0 Å². The van der Waals surface area contributed by atoms with Crippen LogP contribution in [0.25, 0.3) is 0 Å². The van der Waals surface area contributed by atoms with Crippen molar-refractivity contribution in [1.29, 1.82) is 5.26 Å². The number of carbonyl (C=O) groups excluding carboxylic acids is 1. The number of rotatable bonds is 4. The van der Waals surface area contributed by atoms with Crippen LogP contribution in [0, 0.1) is 23.1 Å². The van der Waals surface area contributed by atoms with E-state index in [9.17, 15) is 9.18 Å². The lowest BCUT2D eigenvalue weighted by molar-refractivity contribution is -0.145. The first-order chi connectivity index (χ1) is 8.10. The van der Waals surface area contributed by atoms with Gasteiger partial charge in [-0.15, -0.1) is 0 Å². The van der Waals surface area contributed by atoms with Crippen molar-refractivity contribution in [2.24, 2.45) is 5.92 Å². The van der Waals surface area contributed by atoms with Gasteiger partial charge in [0.15, 0.2) is 0 Å². The van der Waals surface area contributed by atoms with Crippen LogP contribution in [0.2, 0.25) is 5.02 Å². The first-order valence-electron chi connectivity index (χ1n) is 5.09. The minimum absolute atomic E-state index is 0.0825. The maximum atomic E-state index is 13.5. The molecule has 1 atom stereocenters. The Kier molecular flexibility index (Phi) is 4.92. The van der Waals surface area contributed by atoms with E-state index in [1.165, 1.54) is 18.2 Å². The zero-order chi connectivity index (χ0) is 12.8. The average molecular weight is 256 g/mol. The zero-order valence-electron chi connectivity index (χ0n) is 9.24. The van der Waals surface area contributed by atoms with Crippen molar-refractivity contribution in [3.8, 4) is 6.07 Å². The van der Waals surface area contributed by atoms with Gasteiger partial charge in [-0.3, -0.25) is 4.79 Å². The van der Waals surface area contributed by atoms with Crippen LogP contribution in [-0.4, -0.2) is 12.6 Å². The van der Waals surface area contributed by atoms with E-state index < -0.39 is 17.7 Å². The Bertz CT molecular complexity index is 436. The van der Waals surface area contributed by atoms with Gasteiger partial charge in [-0.25, -0.2) is 4.39 Å². The lowest BCUT2D eigenvalue weighted by atomic mass is 10.0. The summed E-state index contributed by atoms with van der Waals surface area (Å²) in [6, 6.07) is 6.01. The molecule has 0 aliphatic carbocycles. The Morgan fingerprint density at radius 3 is 2.88 bits per heavy atom. The monoisotopic (exact) mass is 255 g/mol. The Balaban J connectivity index is 2.89. The van der Waals surface area contributed by atoms with Gasteiger partial charge in [0.1, 0.15) is 11.7 Å². The van der Waals surface area contributed by atoms with E-state index in [1.54, 1.807) is 13.0 Å². The maximum Gasteiger partial charge on any atom is 0.323 e. The molecule has 17 heavy (non-hydrogen) atoms. The number of carbonyl (C=O) groups is 1. The molecule has 0 aliphatic heterocycles. The molecule has 0 spiro atoms. The molecule has 0 fully saturated rings. The van der Waals surface area contributed by atoms with E-state index in [1.807, 2.05) is 0 Å². The van der Waals surface area contributed by atoms with Crippen molar-refractivity contribution < 1.29 is 13.9 Å². The van der Waals surface area contributed by atoms with Gasteiger partial charge in [0.25, 0.3) is 0 Å². The fraction of sp³-hybridized carbons (Fsp3) is 0.333. The Morgan fingerprint density at radius 1 is 1.65 bits per heavy atom. The van der Waals surface area contributed by atoms with Crippen molar-refractivity contribution in [1.82, 2.24) is 0 Å². The van der Waals surface area contributed by atoms with Gasteiger partial charge in [0, 0.05) is 17.0 Å². The predicted octanol–water partition coefficient (Wildman–Crippen LogP) is 2.72. The molecule has 0 heterocycles. The molecule has 0 saturated carbocycles. The van der Waals surface area contributed by atoms with Crippen molar-refractivity contribution in [3.63, 3.8) is 0 Å². The van der Waals surface area contributed by atoms with Crippen molar-refractivity contribution in [3.05, 3.63) is 34.6 Å². The highest BCUT2D eigenvalue weighted by Crippen LogP contribution is 2.22. The van der Waals surface area contributed by atoms with Gasteiger partial charge in [-0.2, -0.15) is 5.26 Å². The van der Waals surface area contributed by atoms with Crippen LogP contribution in [0.3, 0.4) is 0 Å². The first-order valence-corrected chi connectivity index (χ1v) is 5.47. The van der Waals surface area contributed by atoms with Crippen LogP contribution >= 0.6 is 11.6 Å². The minimum Gasteiger partial charge on any atom is -0.465 e. The summed E-state index contributed by atoms with van der Waals surface area (Å²) in [6.45, 7) is 1.82. The molecule has 0 aromatic heterocycles. The molecular formula is C12H11ClFNO2. The lowest BCUT2D eigenvalue weighted by Crippen LogP contribution is -2.19. The lowest BCUT2D eigenvalue weighted by Gasteiger charge is -2.10. The molecule has 3 nitrogen and oxygen atoms in total. The molecule has 1 rings (SSSR count). The molecule has 0 radical (unpaired) electrons. The number of esters is 1. The molecule has 5 heteroatoms. The normalized spacial score (nSPS) is 11.6. The highest BCUT2D eigenvalue weighted by molar-refractivity contribution is 6.31. The van der Waals surface area contributed by atoms with Crippen LogP contribution in [0.5, 0.6) is 0 Å². The Labute approximate surface area is 104 Å². The van der Waals surface area contributed by atoms with Crippen molar-refractivity contribution in [2.75, 3.05) is 6.61 Å². The summed E-state index contributed by atoms with van der Waals surface area (Å²) in [5.41, 5.74) is 0.161. The zero-order valence-corrected chi connectivity index (χ0v) is 10.00. The van der Waals surface area contributed by atoms with Crippen molar-refractivity contribution in [2.45, 2.75) is 13.3 Å². The van der Waals surface area contributed by atoms with E-state index in [0.29, 0.717) is 0 Å². The molecular weight excluding hydrogens is 245 g/mol. The number of halogens is 2. The van der Waals surface area contributed by atoms with Crippen molar-refractivity contribution >= 4 is 17.6 Å². The van der Waals surface area contributed by atoms with Crippen LogP contribution in [-0.2, 0) is 16.0 Å². The number of ether oxygens (including phenoxy) is 1. The van der Waals surface area contributed by atoms with Gasteiger partial charge in [0.05, 0.1) is 12.7 Å². The summed E-state index contributed by atoms with van der Waals surface area (Å²) >= 11 is 5.81. The second kappa shape index (κ2) is 6.21. The standard InChI is InChI=1S/C12H11ClFNO2/c1-2-17-12(16)8(7-15)6-9-10(13)4-3-5-11(9)14/h3-5,8H,2,6H2,1H3. The summed E-state index contributed by atoms with van der Waals surface area (Å²) in [5, 5.41) is 9.05. The fourth-order valence-electron chi connectivity index (χ4n) is 1.36. The minimum atomic E-state index is -1.04. The van der Waals surface area contributed by atoms with Crippen LogP contribution in [0.15, 0.2) is 18.2 Å². The van der Waals surface area contributed by atoms with Gasteiger partial charge < -0.3 is 4.74 Å². The van der Waals surface area contributed by atoms with Gasteiger partial charge in [-0.05, 0) is 19.1 Å². The van der Waals surface area contributed by atoms with Crippen LogP contribution in [0.4, 0.5) is 4.39 Å². The molecule has 90 valence electrons. The van der Waals surface area contributed by atoms with Crippen LogP contribution < -0.4 is 0 Å². The topological polar surface area (TPSA) is 50.1 Å². The summed E-state index contributed by atoms with van der Waals surface area (Å²) in [5.74, 6) is -2.22. The number of nitriles is 1.